The molecule has 0 fully saturated rings. The van der Waals surface area contributed by atoms with E-state index in [4.69, 9.17) is 9.47 Å². The normalized spacial score (nSPS) is 10.1. The van der Waals surface area contributed by atoms with Crippen LogP contribution in [-0.4, -0.2) is 30.0 Å². The molecule has 2 aromatic rings. The van der Waals surface area contributed by atoms with Crippen LogP contribution >= 0.6 is 15.9 Å². The summed E-state index contributed by atoms with van der Waals surface area (Å²) in [6, 6.07) is 3.33. The Labute approximate surface area is 118 Å². The molecule has 6 heteroatoms. The van der Waals surface area contributed by atoms with E-state index in [0.717, 1.165) is 0 Å². The summed E-state index contributed by atoms with van der Waals surface area (Å²) in [5.41, 5.74) is 0.661. The molecular weight excluding hydrogens is 312 g/mol. The number of ketones is 1. The van der Waals surface area contributed by atoms with Gasteiger partial charge in [-0.2, -0.15) is 0 Å². The fraction of sp³-hybridized carbons (Fsp3) is 0.154. The van der Waals surface area contributed by atoms with Crippen molar-refractivity contribution in [3.63, 3.8) is 0 Å². The molecule has 98 valence electrons. The van der Waals surface area contributed by atoms with E-state index < -0.39 is 0 Å². The molecule has 1 aromatic carbocycles. The first-order valence-electron chi connectivity index (χ1n) is 5.40. The monoisotopic (exact) mass is 322 g/mol. The number of aromatic nitrogens is 2. The summed E-state index contributed by atoms with van der Waals surface area (Å²) in [4.78, 5) is 20.2. The number of benzene rings is 1. The van der Waals surface area contributed by atoms with E-state index in [0.29, 0.717) is 21.5 Å². The number of carbonyl (C=O) groups excluding carboxylic acids is 1. The largest absolute Gasteiger partial charge is 0.495 e. The maximum Gasteiger partial charge on any atom is 0.216 e. The van der Waals surface area contributed by atoms with E-state index in [-0.39, 0.29) is 11.5 Å². The summed E-state index contributed by atoms with van der Waals surface area (Å²) in [5, 5.41) is 0. The molecule has 0 spiro atoms. The molecule has 19 heavy (non-hydrogen) atoms. The Morgan fingerprint density at radius 3 is 2.58 bits per heavy atom. The van der Waals surface area contributed by atoms with Gasteiger partial charge in [-0.25, -0.2) is 4.98 Å². The smallest absolute Gasteiger partial charge is 0.216 e. The van der Waals surface area contributed by atoms with Crippen molar-refractivity contribution in [2.75, 3.05) is 14.2 Å². The molecule has 5 nitrogen and oxygen atoms in total. The summed E-state index contributed by atoms with van der Waals surface area (Å²) in [6.07, 6.45) is 4.40. The van der Waals surface area contributed by atoms with E-state index in [2.05, 4.69) is 25.9 Å². The first-order chi connectivity index (χ1) is 9.19. The van der Waals surface area contributed by atoms with E-state index in [1.807, 2.05) is 0 Å². The van der Waals surface area contributed by atoms with E-state index in [9.17, 15) is 4.79 Å². The van der Waals surface area contributed by atoms with Gasteiger partial charge >= 0.3 is 0 Å². The fourth-order valence-corrected chi connectivity index (χ4v) is 2.30. The van der Waals surface area contributed by atoms with E-state index >= 15 is 0 Å². The fourth-order valence-electron chi connectivity index (χ4n) is 1.63. The minimum Gasteiger partial charge on any atom is -0.495 e. The molecule has 1 aromatic heterocycles. The minimum absolute atomic E-state index is 0.256. The van der Waals surface area contributed by atoms with Crippen LogP contribution in [0.25, 0.3) is 0 Å². The van der Waals surface area contributed by atoms with Crippen molar-refractivity contribution in [3.8, 4) is 11.5 Å². The molecule has 0 aliphatic carbocycles. The number of nitrogens with zero attached hydrogens (tertiary/aromatic N) is 2. The second kappa shape index (κ2) is 5.79. The molecule has 0 unspecified atom stereocenters. The van der Waals surface area contributed by atoms with E-state index in [1.54, 1.807) is 19.2 Å². The molecule has 0 bridgehead atoms. The highest BCUT2D eigenvalue weighted by Gasteiger charge is 2.20. The zero-order chi connectivity index (χ0) is 13.8. The first-order valence-corrected chi connectivity index (χ1v) is 6.19. The summed E-state index contributed by atoms with van der Waals surface area (Å²) >= 11 is 3.36. The van der Waals surface area contributed by atoms with E-state index in [1.165, 1.54) is 25.7 Å². The summed E-state index contributed by atoms with van der Waals surface area (Å²) in [7, 11) is 3.04. The van der Waals surface area contributed by atoms with Gasteiger partial charge in [0.2, 0.25) is 5.78 Å². The molecule has 0 aliphatic heterocycles. The van der Waals surface area contributed by atoms with Crippen LogP contribution in [-0.2, 0) is 0 Å². The van der Waals surface area contributed by atoms with Crippen LogP contribution in [0.3, 0.4) is 0 Å². The molecule has 2 rings (SSSR count). The third kappa shape index (κ3) is 2.58. The Kier molecular flexibility index (Phi) is 4.11. The lowest BCUT2D eigenvalue weighted by molar-refractivity contribution is 0.103. The Bertz CT molecular complexity index is 602. The SMILES string of the molecule is COc1ccc(C(=O)c2cnccn2)c(OC)c1Br. The average Bonchev–Trinajstić information content (AvgIpc) is 2.47. The standard InChI is InChI=1S/C13H11BrN2O3/c1-18-10-4-3-8(13(19-2)11(10)14)12(17)9-7-15-5-6-16-9/h3-7H,1-2H3. The molecular formula is C13H11BrN2O3. The van der Waals surface area contributed by atoms with Crippen LogP contribution < -0.4 is 9.47 Å². The minimum atomic E-state index is -0.256. The number of ether oxygens (including phenoxy) is 2. The van der Waals surface area contributed by atoms with Gasteiger partial charge in [0.15, 0.2) is 0 Å². The number of halogens is 1. The summed E-state index contributed by atoms with van der Waals surface area (Å²) < 4.78 is 11.0. The number of methoxy groups -OCH3 is 2. The van der Waals surface area contributed by atoms with Crippen molar-refractivity contribution in [2.24, 2.45) is 0 Å². The highest BCUT2D eigenvalue weighted by molar-refractivity contribution is 9.10. The number of hydrogen-bond acceptors (Lipinski definition) is 5. The maximum atomic E-state index is 12.3. The van der Waals surface area contributed by atoms with Crippen molar-refractivity contribution >= 4 is 21.7 Å². The quantitative estimate of drug-likeness (QED) is 0.809. The van der Waals surface area contributed by atoms with Gasteiger partial charge in [-0.3, -0.25) is 9.78 Å². The Hall–Kier alpha value is -1.95. The van der Waals surface area contributed by atoms with Crippen LogP contribution in [0.15, 0.2) is 35.2 Å². The third-order valence-corrected chi connectivity index (χ3v) is 3.28. The van der Waals surface area contributed by atoms with Crippen LogP contribution in [0.2, 0.25) is 0 Å². The highest BCUT2D eigenvalue weighted by atomic mass is 79.9. The van der Waals surface area contributed by atoms with Crippen molar-refractivity contribution in [1.82, 2.24) is 9.97 Å². The Morgan fingerprint density at radius 2 is 2.00 bits per heavy atom. The van der Waals surface area contributed by atoms with Gasteiger partial charge in [0.1, 0.15) is 21.7 Å². The second-order valence-corrected chi connectivity index (χ2v) is 4.38. The van der Waals surface area contributed by atoms with Crippen LogP contribution in [0.5, 0.6) is 11.5 Å². The molecule has 0 aliphatic rings. The Balaban J connectivity index is 2.51. The van der Waals surface area contributed by atoms with Gasteiger partial charge in [0.05, 0.1) is 26.0 Å². The molecule has 0 N–H and O–H groups in total. The van der Waals surface area contributed by atoms with Crippen LogP contribution in [0.1, 0.15) is 16.1 Å². The predicted octanol–water partition coefficient (Wildman–Crippen LogP) is 2.49. The van der Waals surface area contributed by atoms with Crippen molar-refractivity contribution in [2.45, 2.75) is 0 Å². The zero-order valence-electron chi connectivity index (χ0n) is 10.4. The summed E-state index contributed by atoms with van der Waals surface area (Å²) in [5.74, 6) is 0.746. The first kappa shape index (κ1) is 13.5. The van der Waals surface area contributed by atoms with Crippen LogP contribution in [0, 0.1) is 0 Å². The zero-order valence-corrected chi connectivity index (χ0v) is 12.0. The molecule has 0 radical (unpaired) electrons. The second-order valence-electron chi connectivity index (χ2n) is 3.58. The van der Waals surface area contributed by atoms with Gasteiger partial charge in [0.25, 0.3) is 0 Å². The Morgan fingerprint density at radius 1 is 1.21 bits per heavy atom. The molecule has 0 atom stereocenters. The lowest BCUT2D eigenvalue weighted by Gasteiger charge is -2.12. The number of hydrogen-bond donors (Lipinski definition) is 0. The third-order valence-electron chi connectivity index (χ3n) is 2.53. The van der Waals surface area contributed by atoms with Crippen LogP contribution in [0.4, 0.5) is 0 Å². The lowest BCUT2D eigenvalue weighted by atomic mass is 10.1. The summed E-state index contributed by atoms with van der Waals surface area (Å²) in [6.45, 7) is 0. The maximum absolute atomic E-state index is 12.3. The van der Waals surface area contributed by atoms with Crippen molar-refractivity contribution in [1.29, 1.82) is 0 Å². The van der Waals surface area contributed by atoms with Gasteiger partial charge in [-0.1, -0.05) is 0 Å². The highest BCUT2D eigenvalue weighted by Crippen LogP contribution is 2.37. The van der Waals surface area contributed by atoms with Gasteiger partial charge in [-0.15, -0.1) is 0 Å². The number of rotatable bonds is 4. The topological polar surface area (TPSA) is 61.3 Å². The lowest BCUT2D eigenvalue weighted by Crippen LogP contribution is -2.07. The van der Waals surface area contributed by atoms with Gasteiger partial charge < -0.3 is 9.47 Å². The molecule has 0 amide bonds. The number of carbonyl (C=O) groups is 1. The predicted molar refractivity (Wildman–Crippen MR) is 72.7 cm³/mol. The van der Waals surface area contributed by atoms with Crippen molar-refractivity contribution in [3.05, 3.63) is 46.5 Å². The molecule has 0 saturated heterocycles. The van der Waals surface area contributed by atoms with Gasteiger partial charge in [0, 0.05) is 12.4 Å². The van der Waals surface area contributed by atoms with Crippen molar-refractivity contribution < 1.29 is 14.3 Å². The molecule has 0 saturated carbocycles. The van der Waals surface area contributed by atoms with Gasteiger partial charge in [-0.05, 0) is 28.1 Å². The molecule has 1 heterocycles. The average molecular weight is 323 g/mol.